The van der Waals surface area contributed by atoms with Gasteiger partial charge >= 0.3 is 0 Å². The van der Waals surface area contributed by atoms with Gasteiger partial charge in [-0.25, -0.2) is 0 Å². The van der Waals surface area contributed by atoms with Crippen molar-refractivity contribution in [3.63, 3.8) is 0 Å². The molecule has 7 heteroatoms. The average molecular weight is 266 g/mol. The fourth-order valence-electron chi connectivity index (χ4n) is 1.49. The van der Waals surface area contributed by atoms with Gasteiger partial charge in [-0.05, 0) is 18.9 Å². The summed E-state index contributed by atoms with van der Waals surface area (Å²) >= 11 is 0. The van der Waals surface area contributed by atoms with Crippen LogP contribution >= 0.6 is 0 Å². The zero-order valence-corrected chi connectivity index (χ0v) is 10.7. The number of nitro benzene ring substituents is 1. The summed E-state index contributed by atoms with van der Waals surface area (Å²) in [5, 5.41) is 13.1. The summed E-state index contributed by atoms with van der Waals surface area (Å²) < 4.78 is 0. The Labute approximate surface area is 111 Å². The van der Waals surface area contributed by atoms with Crippen LogP contribution in [0.2, 0.25) is 0 Å². The van der Waals surface area contributed by atoms with Gasteiger partial charge in [0, 0.05) is 24.7 Å². The van der Waals surface area contributed by atoms with Gasteiger partial charge in [-0.15, -0.1) is 0 Å². The summed E-state index contributed by atoms with van der Waals surface area (Å²) in [6.07, 6.45) is 0.322. The van der Waals surface area contributed by atoms with Crippen molar-refractivity contribution < 1.29 is 9.72 Å². The molecule has 0 heterocycles. The minimum absolute atomic E-state index is 0.0127. The first-order valence-corrected chi connectivity index (χ1v) is 5.92. The average Bonchev–Trinajstić information content (AvgIpc) is 2.36. The molecule has 0 fully saturated rings. The highest BCUT2D eigenvalue weighted by atomic mass is 16.6. The summed E-state index contributed by atoms with van der Waals surface area (Å²) in [4.78, 5) is 21.7. The number of nitrogens with two attached hydrogens (primary N) is 2. The number of rotatable bonds is 6. The number of amides is 1. The molecule has 19 heavy (non-hydrogen) atoms. The molecule has 2 atom stereocenters. The van der Waals surface area contributed by atoms with Crippen molar-refractivity contribution in [1.29, 1.82) is 0 Å². The van der Waals surface area contributed by atoms with Gasteiger partial charge in [-0.3, -0.25) is 14.9 Å². The molecular weight excluding hydrogens is 248 g/mol. The predicted octanol–water partition coefficient (Wildman–Crippen LogP) is -0.0720. The Bertz CT molecular complexity index is 445. The quantitative estimate of drug-likeness (QED) is 0.491. The van der Waals surface area contributed by atoms with Crippen LogP contribution in [0.25, 0.3) is 0 Å². The molecule has 0 spiro atoms. The van der Waals surface area contributed by atoms with Crippen molar-refractivity contribution in [3.05, 3.63) is 39.9 Å². The van der Waals surface area contributed by atoms with Gasteiger partial charge in [0.05, 0.1) is 11.0 Å². The number of hydrogen-bond acceptors (Lipinski definition) is 5. The first-order chi connectivity index (χ1) is 8.90. The molecule has 0 aliphatic rings. The Kier molecular flexibility index (Phi) is 5.40. The molecule has 0 aromatic heterocycles. The monoisotopic (exact) mass is 266 g/mol. The van der Waals surface area contributed by atoms with Gasteiger partial charge in [0.15, 0.2) is 0 Å². The number of hydrogen-bond donors (Lipinski definition) is 3. The summed E-state index contributed by atoms with van der Waals surface area (Å²) in [5.41, 5.74) is 12.1. The van der Waals surface area contributed by atoms with Crippen LogP contribution in [0.4, 0.5) is 5.69 Å². The van der Waals surface area contributed by atoms with Crippen molar-refractivity contribution in [2.24, 2.45) is 11.5 Å². The molecule has 0 saturated heterocycles. The van der Waals surface area contributed by atoms with E-state index in [9.17, 15) is 14.9 Å². The highest BCUT2D eigenvalue weighted by Gasteiger charge is 2.14. The van der Waals surface area contributed by atoms with Crippen molar-refractivity contribution >= 4 is 11.6 Å². The minimum Gasteiger partial charge on any atom is -0.353 e. The zero-order chi connectivity index (χ0) is 14.4. The van der Waals surface area contributed by atoms with E-state index < -0.39 is 11.0 Å². The van der Waals surface area contributed by atoms with E-state index in [1.807, 2.05) is 0 Å². The number of carbonyl (C=O) groups excluding carboxylic acids is 1. The molecule has 5 N–H and O–H groups in total. The molecule has 0 saturated carbocycles. The second-order valence-corrected chi connectivity index (χ2v) is 4.46. The van der Waals surface area contributed by atoms with Crippen LogP contribution in [-0.4, -0.2) is 29.5 Å². The Morgan fingerprint density at radius 1 is 1.37 bits per heavy atom. The van der Waals surface area contributed by atoms with Crippen LogP contribution in [0.1, 0.15) is 12.5 Å². The second-order valence-electron chi connectivity index (χ2n) is 4.46. The van der Waals surface area contributed by atoms with E-state index in [1.165, 1.54) is 12.1 Å². The van der Waals surface area contributed by atoms with Crippen LogP contribution in [0.15, 0.2) is 24.3 Å². The lowest BCUT2D eigenvalue weighted by Crippen LogP contribution is -2.45. The van der Waals surface area contributed by atoms with E-state index in [4.69, 9.17) is 11.5 Å². The smallest absolute Gasteiger partial charge is 0.269 e. The van der Waals surface area contributed by atoms with Crippen LogP contribution in [0, 0.1) is 10.1 Å². The predicted molar refractivity (Wildman–Crippen MR) is 71.4 cm³/mol. The molecule has 1 aromatic carbocycles. The molecule has 0 bridgehead atoms. The Balaban J connectivity index is 2.54. The first-order valence-electron chi connectivity index (χ1n) is 5.92. The summed E-state index contributed by atoms with van der Waals surface area (Å²) in [7, 11) is 0. The van der Waals surface area contributed by atoms with Gasteiger partial charge in [0.25, 0.3) is 5.69 Å². The lowest BCUT2D eigenvalue weighted by Gasteiger charge is -2.13. The van der Waals surface area contributed by atoms with Crippen LogP contribution in [-0.2, 0) is 11.2 Å². The van der Waals surface area contributed by atoms with Crippen LogP contribution < -0.4 is 16.8 Å². The minimum atomic E-state index is -0.694. The Hall–Kier alpha value is -1.99. The van der Waals surface area contributed by atoms with Crippen LogP contribution in [0.3, 0.4) is 0 Å². The van der Waals surface area contributed by atoms with E-state index in [2.05, 4.69) is 5.32 Å². The maximum absolute atomic E-state index is 11.6. The molecule has 1 amide bonds. The number of nitrogens with zero attached hydrogens (tertiary/aromatic N) is 1. The topological polar surface area (TPSA) is 124 Å². The molecule has 7 nitrogen and oxygen atoms in total. The number of non-ortho nitro benzene ring substituents is 1. The lowest BCUT2D eigenvalue weighted by atomic mass is 10.1. The van der Waals surface area contributed by atoms with Gasteiger partial charge < -0.3 is 16.8 Å². The van der Waals surface area contributed by atoms with Crippen molar-refractivity contribution in [2.75, 3.05) is 6.54 Å². The van der Waals surface area contributed by atoms with Gasteiger partial charge in [-0.2, -0.15) is 0 Å². The molecular formula is C12H18N4O3. The third kappa shape index (κ3) is 5.02. The standard InChI is InChI=1S/C12H18N4O3/c1-8(13)7-15-12(17)11(14)6-9-2-4-10(5-3-9)16(18)19/h2-5,8,11H,6-7,13-14H2,1H3,(H,15,17). The molecule has 0 aliphatic heterocycles. The molecule has 1 aromatic rings. The molecule has 2 unspecified atom stereocenters. The fourth-order valence-corrected chi connectivity index (χ4v) is 1.49. The van der Waals surface area contributed by atoms with E-state index >= 15 is 0 Å². The lowest BCUT2D eigenvalue weighted by molar-refractivity contribution is -0.384. The zero-order valence-electron chi connectivity index (χ0n) is 10.7. The van der Waals surface area contributed by atoms with Gasteiger partial charge in [0.1, 0.15) is 0 Å². The fraction of sp³-hybridized carbons (Fsp3) is 0.417. The molecule has 104 valence electrons. The second kappa shape index (κ2) is 6.81. The highest BCUT2D eigenvalue weighted by Crippen LogP contribution is 2.12. The van der Waals surface area contributed by atoms with Crippen molar-refractivity contribution in [3.8, 4) is 0 Å². The first kappa shape index (κ1) is 15.1. The maximum atomic E-state index is 11.6. The summed E-state index contributed by atoms with van der Waals surface area (Å²) in [6.45, 7) is 2.15. The number of nitrogens with one attached hydrogen (secondary N) is 1. The largest absolute Gasteiger partial charge is 0.353 e. The number of carbonyl (C=O) groups is 1. The molecule has 0 radical (unpaired) electrons. The van der Waals surface area contributed by atoms with Gasteiger partial charge in [-0.1, -0.05) is 12.1 Å². The normalized spacial score (nSPS) is 13.6. The molecule has 0 aliphatic carbocycles. The van der Waals surface area contributed by atoms with Crippen LogP contribution in [0.5, 0.6) is 0 Å². The summed E-state index contributed by atoms with van der Waals surface area (Å²) in [6, 6.07) is 5.15. The summed E-state index contributed by atoms with van der Waals surface area (Å²) in [5.74, 6) is -0.282. The maximum Gasteiger partial charge on any atom is 0.269 e. The van der Waals surface area contributed by atoms with Crippen molar-refractivity contribution in [1.82, 2.24) is 5.32 Å². The third-order valence-corrected chi connectivity index (χ3v) is 2.54. The molecule has 1 rings (SSSR count). The third-order valence-electron chi connectivity index (χ3n) is 2.54. The number of benzene rings is 1. The van der Waals surface area contributed by atoms with Gasteiger partial charge in [0.2, 0.25) is 5.91 Å². The van der Waals surface area contributed by atoms with E-state index in [-0.39, 0.29) is 17.6 Å². The Morgan fingerprint density at radius 2 is 1.95 bits per heavy atom. The Morgan fingerprint density at radius 3 is 2.42 bits per heavy atom. The van der Waals surface area contributed by atoms with Crippen molar-refractivity contribution in [2.45, 2.75) is 25.4 Å². The number of nitro groups is 1. The van der Waals surface area contributed by atoms with E-state index in [0.29, 0.717) is 13.0 Å². The van der Waals surface area contributed by atoms with E-state index in [0.717, 1.165) is 5.56 Å². The SMILES string of the molecule is CC(N)CNC(=O)C(N)Cc1ccc([N+](=O)[O-])cc1. The van der Waals surface area contributed by atoms with E-state index in [1.54, 1.807) is 19.1 Å². The highest BCUT2D eigenvalue weighted by molar-refractivity contribution is 5.81.